The van der Waals surface area contributed by atoms with Crippen molar-refractivity contribution in [2.24, 2.45) is 4.99 Å². The summed E-state index contributed by atoms with van der Waals surface area (Å²) >= 11 is 0. The molecule has 0 atom stereocenters. The molecule has 0 aliphatic rings. The lowest BCUT2D eigenvalue weighted by molar-refractivity contribution is 0.259. The summed E-state index contributed by atoms with van der Waals surface area (Å²) in [4.78, 5) is 6.85. The Bertz CT molecular complexity index is 768. The second-order valence-electron chi connectivity index (χ2n) is 7.39. The van der Waals surface area contributed by atoms with Crippen molar-refractivity contribution in [3.05, 3.63) is 47.3 Å². The fourth-order valence-corrected chi connectivity index (χ4v) is 2.96. The molecule has 0 spiro atoms. The van der Waals surface area contributed by atoms with Gasteiger partial charge in [0, 0.05) is 37.4 Å². The van der Waals surface area contributed by atoms with Crippen LogP contribution >= 0.6 is 0 Å². The van der Waals surface area contributed by atoms with Crippen LogP contribution in [0.15, 0.2) is 35.3 Å². The van der Waals surface area contributed by atoms with Gasteiger partial charge in [-0.25, -0.2) is 4.99 Å². The summed E-state index contributed by atoms with van der Waals surface area (Å²) < 4.78 is 8.00. The molecule has 0 amide bonds. The number of para-hydroxylation sites is 1. The van der Waals surface area contributed by atoms with Gasteiger partial charge in [-0.3, -0.25) is 4.68 Å². The van der Waals surface area contributed by atoms with Gasteiger partial charge in [0.1, 0.15) is 12.4 Å². The molecule has 0 aliphatic heterocycles. The number of rotatable bonds is 11. The number of hydrogen-bond donors (Lipinski definition) is 2. The molecule has 0 aliphatic carbocycles. The van der Waals surface area contributed by atoms with Crippen LogP contribution in [0.2, 0.25) is 0 Å². The molecular weight excluding hydrogens is 364 g/mol. The quantitative estimate of drug-likeness (QED) is 0.345. The van der Waals surface area contributed by atoms with Crippen molar-refractivity contribution in [3.63, 3.8) is 0 Å². The summed E-state index contributed by atoms with van der Waals surface area (Å²) in [5.41, 5.74) is 3.36. The monoisotopic (exact) mass is 400 g/mol. The number of nitrogens with one attached hydrogen (secondary N) is 2. The van der Waals surface area contributed by atoms with Gasteiger partial charge >= 0.3 is 0 Å². The molecule has 7 nitrogen and oxygen atoms in total. The molecule has 0 unspecified atom stereocenters. The van der Waals surface area contributed by atoms with Gasteiger partial charge in [-0.05, 0) is 53.4 Å². The lowest BCUT2D eigenvalue weighted by atomic mass is 10.2. The van der Waals surface area contributed by atoms with E-state index in [2.05, 4.69) is 51.3 Å². The van der Waals surface area contributed by atoms with E-state index >= 15 is 0 Å². The second kappa shape index (κ2) is 12.1. The average molecular weight is 401 g/mol. The Labute approximate surface area is 175 Å². The lowest BCUT2D eigenvalue weighted by Crippen LogP contribution is -2.38. The SMILES string of the molecule is CCNC(=NCc1ccccc1OCCN(C)C)NCCCn1nc(C)cc1C. The van der Waals surface area contributed by atoms with Crippen LogP contribution in [0.3, 0.4) is 0 Å². The van der Waals surface area contributed by atoms with Gasteiger partial charge in [0.15, 0.2) is 5.96 Å². The van der Waals surface area contributed by atoms with Crippen molar-refractivity contribution in [1.29, 1.82) is 0 Å². The molecule has 7 heteroatoms. The fraction of sp³-hybridized carbons (Fsp3) is 0.545. The van der Waals surface area contributed by atoms with E-state index in [-0.39, 0.29) is 0 Å². The van der Waals surface area contributed by atoms with Gasteiger partial charge < -0.3 is 20.3 Å². The fourth-order valence-electron chi connectivity index (χ4n) is 2.96. The zero-order chi connectivity index (χ0) is 21.1. The normalized spacial score (nSPS) is 11.7. The predicted molar refractivity (Wildman–Crippen MR) is 120 cm³/mol. The van der Waals surface area contributed by atoms with E-state index in [1.807, 2.05) is 39.2 Å². The molecule has 1 heterocycles. The van der Waals surface area contributed by atoms with E-state index in [4.69, 9.17) is 9.73 Å². The topological polar surface area (TPSA) is 66.7 Å². The molecular formula is C22H36N6O. The number of ether oxygens (including phenoxy) is 1. The zero-order valence-corrected chi connectivity index (χ0v) is 18.5. The third kappa shape index (κ3) is 8.15. The molecule has 2 N–H and O–H groups in total. The molecule has 1 aromatic heterocycles. The minimum Gasteiger partial charge on any atom is -0.492 e. The molecule has 29 heavy (non-hydrogen) atoms. The molecule has 160 valence electrons. The number of aryl methyl sites for hydroxylation is 3. The van der Waals surface area contributed by atoms with Gasteiger partial charge in [0.25, 0.3) is 0 Å². The maximum Gasteiger partial charge on any atom is 0.191 e. The summed E-state index contributed by atoms with van der Waals surface area (Å²) in [5.74, 6) is 1.72. The number of hydrogen-bond acceptors (Lipinski definition) is 4. The molecule has 0 saturated carbocycles. The Balaban J connectivity index is 1.87. The maximum absolute atomic E-state index is 5.94. The number of aromatic nitrogens is 2. The highest BCUT2D eigenvalue weighted by atomic mass is 16.5. The number of guanidine groups is 1. The Morgan fingerprint density at radius 2 is 2.00 bits per heavy atom. The molecule has 2 aromatic rings. The maximum atomic E-state index is 5.94. The molecule has 0 radical (unpaired) electrons. The van der Waals surface area contributed by atoms with Crippen molar-refractivity contribution < 1.29 is 4.74 Å². The minimum absolute atomic E-state index is 0.574. The first-order chi connectivity index (χ1) is 14.0. The number of benzene rings is 1. The summed E-state index contributed by atoms with van der Waals surface area (Å²) in [7, 11) is 4.09. The van der Waals surface area contributed by atoms with Gasteiger partial charge in [-0.15, -0.1) is 0 Å². The first kappa shape index (κ1) is 22.7. The van der Waals surface area contributed by atoms with E-state index in [0.29, 0.717) is 13.2 Å². The Morgan fingerprint density at radius 1 is 1.21 bits per heavy atom. The Kier molecular flexibility index (Phi) is 9.50. The Hall–Kier alpha value is -2.54. The van der Waals surface area contributed by atoms with Crippen LogP contribution in [-0.2, 0) is 13.1 Å². The first-order valence-corrected chi connectivity index (χ1v) is 10.4. The largest absolute Gasteiger partial charge is 0.492 e. The van der Waals surface area contributed by atoms with Crippen molar-refractivity contribution in [2.45, 2.75) is 40.3 Å². The van der Waals surface area contributed by atoms with Crippen LogP contribution in [0, 0.1) is 13.8 Å². The minimum atomic E-state index is 0.574. The highest BCUT2D eigenvalue weighted by Crippen LogP contribution is 2.18. The highest BCUT2D eigenvalue weighted by molar-refractivity contribution is 5.79. The summed E-state index contributed by atoms with van der Waals surface area (Å²) in [5, 5.41) is 11.2. The molecule has 2 rings (SSSR count). The first-order valence-electron chi connectivity index (χ1n) is 10.4. The number of aliphatic imine (C=N–C) groups is 1. The number of likely N-dealkylation sites (N-methyl/N-ethyl adjacent to an activating group) is 1. The third-order valence-electron chi connectivity index (χ3n) is 4.46. The van der Waals surface area contributed by atoms with E-state index in [0.717, 1.165) is 55.6 Å². The van der Waals surface area contributed by atoms with Crippen molar-refractivity contribution in [3.8, 4) is 5.75 Å². The highest BCUT2D eigenvalue weighted by Gasteiger charge is 2.05. The van der Waals surface area contributed by atoms with E-state index in [1.165, 1.54) is 5.69 Å². The molecule has 0 saturated heterocycles. The second-order valence-corrected chi connectivity index (χ2v) is 7.39. The van der Waals surface area contributed by atoms with Crippen LogP contribution in [-0.4, -0.2) is 61.0 Å². The van der Waals surface area contributed by atoms with Crippen LogP contribution < -0.4 is 15.4 Å². The van der Waals surface area contributed by atoms with Crippen molar-refractivity contribution in [2.75, 3.05) is 40.3 Å². The standard InChI is InChI=1S/C22H36N6O/c1-6-23-22(24-12-9-13-28-19(3)16-18(2)26-28)25-17-20-10-7-8-11-21(20)29-15-14-27(4)5/h7-8,10-11,16H,6,9,12-15,17H2,1-5H3,(H2,23,24,25). The lowest BCUT2D eigenvalue weighted by Gasteiger charge is -2.14. The molecule has 1 aromatic carbocycles. The van der Waals surface area contributed by atoms with Crippen LogP contribution in [0.4, 0.5) is 0 Å². The van der Waals surface area contributed by atoms with E-state index in [1.54, 1.807) is 0 Å². The van der Waals surface area contributed by atoms with E-state index < -0.39 is 0 Å². The van der Waals surface area contributed by atoms with Gasteiger partial charge in [-0.1, -0.05) is 18.2 Å². The van der Waals surface area contributed by atoms with Gasteiger partial charge in [0.05, 0.1) is 12.2 Å². The van der Waals surface area contributed by atoms with Gasteiger partial charge in [-0.2, -0.15) is 5.10 Å². The van der Waals surface area contributed by atoms with Gasteiger partial charge in [0.2, 0.25) is 0 Å². The molecule has 0 bridgehead atoms. The average Bonchev–Trinajstić information content (AvgIpc) is 3.00. The smallest absolute Gasteiger partial charge is 0.191 e. The van der Waals surface area contributed by atoms with Crippen LogP contribution in [0.1, 0.15) is 30.3 Å². The van der Waals surface area contributed by atoms with Crippen LogP contribution in [0.5, 0.6) is 5.75 Å². The molecule has 0 fully saturated rings. The van der Waals surface area contributed by atoms with Crippen LogP contribution in [0.25, 0.3) is 0 Å². The summed E-state index contributed by atoms with van der Waals surface area (Å²) in [6, 6.07) is 10.2. The summed E-state index contributed by atoms with van der Waals surface area (Å²) in [6.07, 6.45) is 0.983. The zero-order valence-electron chi connectivity index (χ0n) is 18.5. The third-order valence-corrected chi connectivity index (χ3v) is 4.46. The van der Waals surface area contributed by atoms with E-state index in [9.17, 15) is 0 Å². The Morgan fingerprint density at radius 3 is 2.69 bits per heavy atom. The number of nitrogens with zero attached hydrogens (tertiary/aromatic N) is 4. The van der Waals surface area contributed by atoms with Crippen molar-refractivity contribution in [1.82, 2.24) is 25.3 Å². The summed E-state index contributed by atoms with van der Waals surface area (Å²) in [6.45, 7) is 10.9. The predicted octanol–water partition coefficient (Wildman–Crippen LogP) is 2.59. The van der Waals surface area contributed by atoms with Crippen molar-refractivity contribution >= 4 is 5.96 Å².